The van der Waals surface area contributed by atoms with Crippen molar-refractivity contribution in [2.45, 2.75) is 12.2 Å². The Hall–Kier alpha value is -3.87. The zero-order chi connectivity index (χ0) is 21.6. The van der Waals surface area contributed by atoms with E-state index in [-0.39, 0.29) is 12.2 Å². The van der Waals surface area contributed by atoms with Crippen LogP contribution >= 0.6 is 0 Å². The third kappa shape index (κ3) is 2.95. The van der Waals surface area contributed by atoms with Gasteiger partial charge in [-0.25, -0.2) is 4.79 Å². The van der Waals surface area contributed by atoms with Crippen molar-refractivity contribution in [3.05, 3.63) is 64.8 Å². The Morgan fingerprint density at radius 1 is 1.10 bits per heavy atom. The lowest BCUT2D eigenvalue weighted by Crippen LogP contribution is -2.37. The number of anilines is 2. The lowest BCUT2D eigenvalue weighted by Gasteiger charge is -2.21. The molecule has 1 aromatic carbocycles. The van der Waals surface area contributed by atoms with Crippen molar-refractivity contribution in [3.8, 4) is 6.07 Å². The summed E-state index contributed by atoms with van der Waals surface area (Å²) in [6, 6.07) is 9.25. The maximum atomic E-state index is 13.2. The monoisotopic (exact) mass is 413 g/mol. The first-order chi connectivity index (χ1) is 14.2. The van der Waals surface area contributed by atoms with Gasteiger partial charge in [0.1, 0.15) is 17.4 Å². The van der Waals surface area contributed by atoms with E-state index >= 15 is 0 Å². The van der Waals surface area contributed by atoms with Gasteiger partial charge in [0.25, 0.3) is 5.56 Å². The quantitative estimate of drug-likeness (QED) is 0.646. The second-order valence-electron chi connectivity index (χ2n) is 6.75. The van der Waals surface area contributed by atoms with E-state index in [1.54, 1.807) is 30.5 Å². The number of alkyl halides is 3. The fourth-order valence-electron chi connectivity index (χ4n) is 3.57. The summed E-state index contributed by atoms with van der Waals surface area (Å²) in [5.41, 5.74) is -1.95. The average Bonchev–Trinajstić information content (AvgIpc) is 3.04. The maximum absolute atomic E-state index is 13.2. The number of aromatic nitrogens is 2. The minimum Gasteiger partial charge on any atom is -0.306 e. The van der Waals surface area contributed by atoms with Crippen LogP contribution < -0.4 is 15.4 Å². The van der Waals surface area contributed by atoms with Gasteiger partial charge in [-0.3, -0.25) is 19.6 Å². The van der Waals surface area contributed by atoms with Gasteiger partial charge in [0.2, 0.25) is 0 Å². The molecule has 10 heteroatoms. The van der Waals surface area contributed by atoms with Crippen LogP contribution in [0.1, 0.15) is 5.69 Å². The highest BCUT2D eigenvalue weighted by molar-refractivity contribution is 6.11. The van der Waals surface area contributed by atoms with E-state index in [4.69, 9.17) is 0 Å². The lowest BCUT2D eigenvalue weighted by atomic mass is 10.1. The second kappa shape index (κ2) is 6.88. The molecule has 30 heavy (non-hydrogen) atoms. The number of fused-ring (bicyclic) bond motifs is 1. The summed E-state index contributed by atoms with van der Waals surface area (Å²) in [5.74, 6) is 0. The van der Waals surface area contributed by atoms with Crippen molar-refractivity contribution >= 4 is 28.2 Å². The Bertz CT molecular complexity index is 1260. The first kappa shape index (κ1) is 19.4. The number of carbonyl (C=O) groups excluding carboxylic acids is 1. The van der Waals surface area contributed by atoms with Crippen LogP contribution in [0.3, 0.4) is 0 Å². The third-order valence-corrected chi connectivity index (χ3v) is 5.03. The van der Waals surface area contributed by atoms with E-state index in [2.05, 4.69) is 4.98 Å². The number of nitrogens with zero attached hydrogens (tertiary/aromatic N) is 5. The topological polar surface area (TPSA) is 82.2 Å². The van der Waals surface area contributed by atoms with Gasteiger partial charge in [0.15, 0.2) is 0 Å². The van der Waals surface area contributed by atoms with E-state index in [1.807, 2.05) is 6.07 Å². The predicted octanol–water partition coefficient (Wildman–Crippen LogP) is 3.29. The number of amides is 2. The molecule has 1 aliphatic rings. The highest BCUT2D eigenvalue weighted by Gasteiger charge is 2.42. The highest BCUT2D eigenvalue weighted by atomic mass is 19.4. The van der Waals surface area contributed by atoms with Crippen LogP contribution in [0, 0.1) is 11.3 Å². The van der Waals surface area contributed by atoms with E-state index in [9.17, 15) is 28.0 Å². The molecule has 0 bridgehead atoms. The molecule has 1 saturated heterocycles. The molecular formula is C20H14F3N5O2. The number of rotatable bonds is 2. The zero-order valence-electron chi connectivity index (χ0n) is 15.6. The van der Waals surface area contributed by atoms with Gasteiger partial charge < -0.3 is 4.57 Å². The van der Waals surface area contributed by atoms with Crippen molar-refractivity contribution in [1.82, 2.24) is 9.55 Å². The van der Waals surface area contributed by atoms with Gasteiger partial charge >= 0.3 is 12.2 Å². The summed E-state index contributed by atoms with van der Waals surface area (Å²) >= 11 is 0. The fourth-order valence-corrected chi connectivity index (χ4v) is 3.57. The van der Waals surface area contributed by atoms with Crippen molar-refractivity contribution in [1.29, 1.82) is 5.26 Å². The van der Waals surface area contributed by atoms with Crippen molar-refractivity contribution < 1.29 is 18.0 Å². The van der Waals surface area contributed by atoms with Gasteiger partial charge in [-0.05, 0) is 12.1 Å². The van der Waals surface area contributed by atoms with E-state index in [0.717, 1.165) is 29.5 Å². The number of halogens is 3. The number of nitriles is 1. The maximum Gasteiger partial charge on any atom is 0.431 e. The summed E-state index contributed by atoms with van der Waals surface area (Å²) in [6.07, 6.45) is -1.65. The van der Waals surface area contributed by atoms with Gasteiger partial charge in [0, 0.05) is 24.0 Å². The normalized spacial score (nSPS) is 16.9. The second-order valence-corrected chi connectivity index (χ2v) is 6.75. The minimum absolute atomic E-state index is 0.168. The number of pyridine rings is 2. The molecule has 1 atom stereocenters. The van der Waals surface area contributed by atoms with Gasteiger partial charge in [-0.15, -0.1) is 0 Å². The smallest absolute Gasteiger partial charge is 0.306 e. The molecule has 0 unspecified atom stereocenters. The Labute approximate surface area is 168 Å². The highest BCUT2D eigenvalue weighted by Crippen LogP contribution is 2.33. The first-order valence-corrected chi connectivity index (χ1v) is 8.84. The van der Waals surface area contributed by atoms with Crippen molar-refractivity contribution in [2.24, 2.45) is 7.05 Å². The average molecular weight is 413 g/mol. The Balaban J connectivity index is 1.81. The van der Waals surface area contributed by atoms with Crippen LogP contribution in [0.2, 0.25) is 0 Å². The Kier molecular flexibility index (Phi) is 4.46. The molecule has 0 N–H and O–H groups in total. The number of urea groups is 1. The molecule has 0 aliphatic carbocycles. The fraction of sp³-hybridized carbons (Fsp3) is 0.200. The Morgan fingerprint density at radius 2 is 1.83 bits per heavy atom. The third-order valence-electron chi connectivity index (χ3n) is 5.03. The molecule has 0 spiro atoms. The van der Waals surface area contributed by atoms with E-state index in [1.165, 1.54) is 11.1 Å². The summed E-state index contributed by atoms with van der Waals surface area (Å²) in [4.78, 5) is 32.1. The van der Waals surface area contributed by atoms with Crippen molar-refractivity contribution in [3.63, 3.8) is 0 Å². The molecule has 152 valence electrons. The molecular weight excluding hydrogens is 399 g/mol. The molecule has 3 aromatic rings. The zero-order valence-corrected chi connectivity index (χ0v) is 15.6. The van der Waals surface area contributed by atoms with Crippen molar-refractivity contribution in [2.75, 3.05) is 16.3 Å². The lowest BCUT2D eigenvalue weighted by molar-refractivity contribution is -0.143. The van der Waals surface area contributed by atoms with Crippen LogP contribution in [0.5, 0.6) is 0 Å². The molecule has 0 radical (unpaired) electrons. The number of hydrogen-bond donors (Lipinski definition) is 0. The first-order valence-electron chi connectivity index (χ1n) is 8.84. The predicted molar refractivity (Wildman–Crippen MR) is 103 cm³/mol. The van der Waals surface area contributed by atoms with Gasteiger partial charge in [0.05, 0.1) is 24.5 Å². The molecule has 7 nitrogen and oxygen atoms in total. The molecule has 2 amide bonds. The van der Waals surface area contributed by atoms with Crippen LogP contribution in [0.25, 0.3) is 10.8 Å². The molecule has 1 aliphatic heterocycles. The number of carbonyl (C=O) groups is 1. The van der Waals surface area contributed by atoms with Crippen LogP contribution in [0.4, 0.5) is 29.3 Å². The molecule has 2 aromatic heterocycles. The minimum atomic E-state index is -4.71. The summed E-state index contributed by atoms with van der Waals surface area (Å²) in [6.45, 7) is -0.168. The van der Waals surface area contributed by atoms with E-state index < -0.39 is 29.5 Å². The molecule has 4 rings (SSSR count). The summed E-state index contributed by atoms with van der Waals surface area (Å²) in [7, 11) is 0.989. The SMILES string of the molecule is Cn1c(C(F)(F)F)ccc(N2C[C@H](C#N)N(c3cncc4ccccc34)C2=O)c1=O. The largest absolute Gasteiger partial charge is 0.431 e. The molecule has 3 heterocycles. The van der Waals surface area contributed by atoms with Gasteiger partial charge in [-0.1, -0.05) is 24.3 Å². The summed E-state index contributed by atoms with van der Waals surface area (Å²) < 4.78 is 39.6. The molecule has 1 fully saturated rings. The van der Waals surface area contributed by atoms with Crippen LogP contribution in [-0.4, -0.2) is 28.2 Å². The molecule has 0 saturated carbocycles. The summed E-state index contributed by atoms with van der Waals surface area (Å²) in [5, 5.41) is 11.0. The number of benzene rings is 1. The standard InChI is InChI=1S/C20H14F3N5O2/c1-26-17(20(21,22)23)7-6-15(18(26)29)27-11-13(8-24)28(19(27)30)16-10-25-9-12-4-2-3-5-14(12)16/h2-7,9-10,13H,11H2,1H3/t13-/m0/s1. The van der Waals surface area contributed by atoms with Gasteiger partial charge in [-0.2, -0.15) is 18.4 Å². The number of hydrogen-bond acceptors (Lipinski definition) is 4. The van der Waals surface area contributed by atoms with Crippen LogP contribution in [-0.2, 0) is 13.2 Å². The van der Waals surface area contributed by atoms with Crippen LogP contribution in [0.15, 0.2) is 53.6 Å². The van der Waals surface area contributed by atoms with E-state index in [0.29, 0.717) is 15.6 Å². The Morgan fingerprint density at radius 3 is 2.53 bits per heavy atom.